The maximum absolute atomic E-state index is 12.1. The van der Waals surface area contributed by atoms with Crippen LogP contribution in [0.3, 0.4) is 0 Å². The van der Waals surface area contributed by atoms with E-state index in [4.69, 9.17) is 4.52 Å². The van der Waals surface area contributed by atoms with Crippen LogP contribution in [0.15, 0.2) is 28.8 Å². The van der Waals surface area contributed by atoms with Crippen molar-refractivity contribution in [3.63, 3.8) is 0 Å². The fraction of sp³-hybridized carbons (Fsp3) is 0.591. The Hall–Kier alpha value is -2.21. The second-order valence-electron chi connectivity index (χ2n) is 7.59. The largest absolute Gasteiger partial charge is 0.351 e. The van der Waals surface area contributed by atoms with Gasteiger partial charge in [-0.2, -0.15) is 4.98 Å². The molecule has 0 bridgehead atoms. The minimum Gasteiger partial charge on any atom is -0.351 e. The molecule has 28 heavy (non-hydrogen) atoms. The summed E-state index contributed by atoms with van der Waals surface area (Å²) in [5.74, 6) is 1.43. The zero-order valence-corrected chi connectivity index (χ0v) is 16.9. The summed E-state index contributed by atoms with van der Waals surface area (Å²) in [6.45, 7) is 3.70. The number of aromatic nitrogens is 2. The van der Waals surface area contributed by atoms with Gasteiger partial charge >= 0.3 is 0 Å². The molecule has 0 radical (unpaired) electrons. The average molecular weight is 385 g/mol. The second-order valence-corrected chi connectivity index (χ2v) is 7.59. The number of carbonyl (C=O) groups is 1. The number of hydrogen-bond donors (Lipinski definition) is 2. The highest BCUT2D eigenvalue weighted by Gasteiger charge is 2.21. The van der Waals surface area contributed by atoms with Crippen molar-refractivity contribution in [3.05, 3.63) is 35.7 Å². The van der Waals surface area contributed by atoms with Gasteiger partial charge < -0.3 is 15.2 Å². The number of aryl methyl sites for hydroxylation is 1. The Morgan fingerprint density at radius 2 is 1.96 bits per heavy atom. The van der Waals surface area contributed by atoms with Crippen LogP contribution in [0.5, 0.6) is 0 Å². The first kappa shape index (κ1) is 20.5. The van der Waals surface area contributed by atoms with E-state index in [1.807, 2.05) is 24.3 Å². The predicted molar refractivity (Wildman–Crippen MR) is 110 cm³/mol. The number of hydrogen-bond acceptors (Lipinski definition) is 5. The number of benzene rings is 1. The van der Waals surface area contributed by atoms with Gasteiger partial charge in [0, 0.05) is 18.5 Å². The Morgan fingerprint density at radius 1 is 1.18 bits per heavy atom. The highest BCUT2D eigenvalue weighted by molar-refractivity contribution is 5.82. The molecule has 0 spiro atoms. The molecule has 6 heteroatoms. The fourth-order valence-corrected chi connectivity index (χ4v) is 3.52. The van der Waals surface area contributed by atoms with Gasteiger partial charge in [-0.3, -0.25) is 4.79 Å². The molecule has 1 aliphatic rings. The van der Waals surface area contributed by atoms with Gasteiger partial charge in [-0.05, 0) is 31.4 Å². The third-order valence-corrected chi connectivity index (χ3v) is 5.27. The minimum atomic E-state index is -0.0383. The van der Waals surface area contributed by atoms with E-state index in [1.54, 1.807) is 0 Å². The van der Waals surface area contributed by atoms with Gasteiger partial charge in [-0.15, -0.1) is 0 Å². The van der Waals surface area contributed by atoms with E-state index in [9.17, 15) is 4.79 Å². The quantitative estimate of drug-likeness (QED) is 0.572. The second kappa shape index (κ2) is 11.0. The average Bonchev–Trinajstić information content (AvgIpc) is 3.41. The lowest BCUT2D eigenvalue weighted by molar-refractivity contribution is -0.122. The highest BCUT2D eigenvalue weighted by Crippen LogP contribution is 2.18. The van der Waals surface area contributed by atoms with Gasteiger partial charge in [0.25, 0.3) is 0 Å². The normalized spacial score (nSPS) is 16.4. The zero-order chi connectivity index (χ0) is 19.6. The van der Waals surface area contributed by atoms with Crippen molar-refractivity contribution in [2.24, 2.45) is 0 Å². The topological polar surface area (TPSA) is 80.0 Å². The maximum Gasteiger partial charge on any atom is 0.237 e. The summed E-state index contributed by atoms with van der Waals surface area (Å²) in [6.07, 6.45) is 10.3. The zero-order valence-electron chi connectivity index (χ0n) is 16.9. The lowest BCUT2D eigenvalue weighted by atomic mass is 10.1. The number of nitrogens with one attached hydrogen (secondary N) is 2. The first-order valence-corrected chi connectivity index (χ1v) is 10.7. The summed E-state index contributed by atoms with van der Waals surface area (Å²) in [4.78, 5) is 16.6. The summed E-state index contributed by atoms with van der Waals surface area (Å²) in [7, 11) is 0. The Morgan fingerprint density at radius 3 is 2.71 bits per heavy atom. The van der Waals surface area contributed by atoms with Crippen LogP contribution in [0.2, 0.25) is 0 Å². The van der Waals surface area contributed by atoms with Crippen molar-refractivity contribution in [3.8, 4) is 11.4 Å². The lowest BCUT2D eigenvalue weighted by Crippen LogP contribution is -2.39. The number of rotatable bonds is 11. The molecular weight excluding hydrogens is 352 g/mol. The molecule has 152 valence electrons. The van der Waals surface area contributed by atoms with Crippen LogP contribution in [-0.2, 0) is 17.8 Å². The molecule has 0 aliphatic carbocycles. The van der Waals surface area contributed by atoms with E-state index < -0.39 is 0 Å². The molecule has 1 fully saturated rings. The molecule has 2 heterocycles. The van der Waals surface area contributed by atoms with Crippen molar-refractivity contribution in [1.82, 2.24) is 20.8 Å². The molecule has 1 aromatic heterocycles. The highest BCUT2D eigenvalue weighted by atomic mass is 16.5. The van der Waals surface area contributed by atoms with Crippen LogP contribution in [-0.4, -0.2) is 28.6 Å². The molecule has 1 aliphatic heterocycles. The summed E-state index contributed by atoms with van der Waals surface area (Å²) in [5.41, 5.74) is 2.00. The van der Waals surface area contributed by atoms with Crippen molar-refractivity contribution >= 4 is 5.91 Å². The van der Waals surface area contributed by atoms with Crippen LogP contribution in [0, 0.1) is 0 Å². The van der Waals surface area contributed by atoms with Crippen molar-refractivity contribution in [2.75, 3.05) is 6.54 Å². The smallest absolute Gasteiger partial charge is 0.237 e. The molecule has 3 rings (SSSR count). The molecule has 1 unspecified atom stereocenters. The van der Waals surface area contributed by atoms with Gasteiger partial charge in [0.15, 0.2) is 0 Å². The van der Waals surface area contributed by atoms with E-state index in [-0.39, 0.29) is 11.9 Å². The Kier molecular flexibility index (Phi) is 8.03. The number of unbranched alkanes of at least 4 members (excludes halogenated alkanes) is 5. The minimum absolute atomic E-state index is 0.0383. The van der Waals surface area contributed by atoms with E-state index in [0.29, 0.717) is 18.3 Å². The molecular formula is C22H32N4O2. The summed E-state index contributed by atoms with van der Waals surface area (Å²) < 4.78 is 5.39. The van der Waals surface area contributed by atoms with Crippen LogP contribution < -0.4 is 10.6 Å². The van der Waals surface area contributed by atoms with Gasteiger partial charge in [-0.1, -0.05) is 68.4 Å². The van der Waals surface area contributed by atoms with E-state index in [2.05, 4.69) is 27.7 Å². The number of amides is 1. The summed E-state index contributed by atoms with van der Waals surface area (Å²) in [5, 5.41) is 10.3. The Bertz CT molecular complexity index is 720. The molecule has 2 aromatic rings. The van der Waals surface area contributed by atoms with E-state index >= 15 is 0 Å². The van der Waals surface area contributed by atoms with E-state index in [0.717, 1.165) is 43.4 Å². The molecule has 1 saturated heterocycles. The lowest BCUT2D eigenvalue weighted by Gasteiger charge is -2.11. The molecule has 1 amide bonds. The van der Waals surface area contributed by atoms with Gasteiger partial charge in [-0.25, -0.2) is 0 Å². The summed E-state index contributed by atoms with van der Waals surface area (Å²) in [6, 6.07) is 7.93. The molecule has 1 aromatic carbocycles. The van der Waals surface area contributed by atoms with Gasteiger partial charge in [0.1, 0.15) is 0 Å². The van der Waals surface area contributed by atoms with E-state index in [1.165, 1.54) is 32.1 Å². The summed E-state index contributed by atoms with van der Waals surface area (Å²) >= 11 is 0. The first-order chi connectivity index (χ1) is 13.8. The molecule has 2 N–H and O–H groups in total. The van der Waals surface area contributed by atoms with Crippen LogP contribution >= 0.6 is 0 Å². The third-order valence-electron chi connectivity index (χ3n) is 5.27. The number of nitrogens with zero attached hydrogens (tertiary/aromatic N) is 2. The first-order valence-electron chi connectivity index (χ1n) is 10.7. The molecule has 1 atom stereocenters. The van der Waals surface area contributed by atoms with Crippen molar-refractivity contribution in [1.29, 1.82) is 0 Å². The fourth-order valence-electron chi connectivity index (χ4n) is 3.52. The van der Waals surface area contributed by atoms with Crippen LogP contribution in [0.25, 0.3) is 11.4 Å². The van der Waals surface area contributed by atoms with Crippen LogP contribution in [0.1, 0.15) is 69.7 Å². The van der Waals surface area contributed by atoms with Gasteiger partial charge in [0.05, 0.1) is 6.04 Å². The third kappa shape index (κ3) is 6.16. The SMILES string of the molecule is CCCCCCCCc1nc(-c2ccc(CNC(=O)C3CCCN3)cc2)no1. The number of carbonyl (C=O) groups excluding carboxylic acids is 1. The monoisotopic (exact) mass is 384 g/mol. The predicted octanol–water partition coefficient (Wildman–Crippen LogP) is 4.01. The van der Waals surface area contributed by atoms with Crippen molar-refractivity contribution < 1.29 is 9.32 Å². The standard InChI is InChI=1S/C22H32N4O2/c1-2-3-4-5-6-7-10-20-25-21(26-28-20)18-13-11-17(12-14-18)16-24-22(27)19-9-8-15-23-19/h11-14,19,23H,2-10,15-16H2,1H3,(H,24,27). The molecule has 6 nitrogen and oxygen atoms in total. The Labute approximate surface area is 167 Å². The molecule has 0 saturated carbocycles. The maximum atomic E-state index is 12.1. The van der Waals surface area contributed by atoms with Crippen molar-refractivity contribution in [2.45, 2.75) is 77.3 Å². The van der Waals surface area contributed by atoms with Crippen LogP contribution in [0.4, 0.5) is 0 Å². The Balaban J connectivity index is 1.43. The van der Waals surface area contributed by atoms with Gasteiger partial charge in [0.2, 0.25) is 17.6 Å².